The van der Waals surface area contributed by atoms with Gasteiger partial charge in [0.2, 0.25) is 0 Å². The largest absolute Gasteiger partial charge is 0.329 e. The number of nitrogens with two attached hydrogens (primary N) is 1. The van der Waals surface area contributed by atoms with Gasteiger partial charge in [0.05, 0.1) is 0 Å². The van der Waals surface area contributed by atoms with Crippen LogP contribution in [-0.2, 0) is 0 Å². The minimum absolute atomic E-state index is 0.365. The quantitative estimate of drug-likeness (QED) is 0.765. The Morgan fingerprint density at radius 1 is 1.29 bits per heavy atom. The molecule has 0 saturated heterocycles. The van der Waals surface area contributed by atoms with Gasteiger partial charge < -0.3 is 11.1 Å². The molecule has 0 aromatic heterocycles. The van der Waals surface area contributed by atoms with E-state index in [1.54, 1.807) is 0 Å². The van der Waals surface area contributed by atoms with E-state index in [1.165, 1.54) is 11.1 Å². The minimum Gasteiger partial charge on any atom is -0.329 e. The van der Waals surface area contributed by atoms with Crippen molar-refractivity contribution >= 4 is 0 Å². The third-order valence-electron chi connectivity index (χ3n) is 2.54. The fourth-order valence-corrected chi connectivity index (χ4v) is 1.66. The van der Waals surface area contributed by atoms with Crippen LogP contribution in [0.25, 0.3) is 0 Å². The highest BCUT2D eigenvalue weighted by molar-refractivity contribution is 5.28. The summed E-state index contributed by atoms with van der Waals surface area (Å²) in [6.45, 7) is 7.10. The van der Waals surface area contributed by atoms with Gasteiger partial charge in [-0.25, -0.2) is 0 Å². The van der Waals surface area contributed by atoms with E-state index in [0.717, 1.165) is 0 Å². The minimum atomic E-state index is 0.365. The average Bonchev–Trinajstić information content (AvgIpc) is 2.18. The van der Waals surface area contributed by atoms with Gasteiger partial charge in [0.15, 0.2) is 0 Å². The van der Waals surface area contributed by atoms with E-state index < -0.39 is 0 Å². The second-order valence-electron chi connectivity index (χ2n) is 3.88. The summed E-state index contributed by atoms with van der Waals surface area (Å²) in [7, 11) is 0. The molecule has 0 aliphatic heterocycles. The Hall–Kier alpha value is -0.860. The Balaban J connectivity index is 2.69. The first kappa shape index (κ1) is 11.2. The first-order chi connectivity index (χ1) is 6.65. The molecule has 0 spiro atoms. The van der Waals surface area contributed by atoms with Gasteiger partial charge in [-0.15, -0.1) is 0 Å². The average molecular weight is 192 g/mol. The number of nitrogens with one attached hydrogen (secondary N) is 1. The predicted octanol–water partition coefficient (Wildman–Crippen LogP) is 1.99. The Kier molecular flexibility index (Phi) is 4.11. The molecule has 1 unspecified atom stereocenters. The van der Waals surface area contributed by atoms with Crippen molar-refractivity contribution in [3.63, 3.8) is 0 Å². The summed E-state index contributed by atoms with van der Waals surface area (Å²) in [5.41, 5.74) is 8.26. The molecule has 1 rings (SSSR count). The van der Waals surface area contributed by atoms with Gasteiger partial charge in [-0.3, -0.25) is 0 Å². The second kappa shape index (κ2) is 5.13. The van der Waals surface area contributed by atoms with E-state index in [2.05, 4.69) is 50.4 Å². The molecule has 0 heterocycles. The van der Waals surface area contributed by atoms with Crippen LogP contribution in [0, 0.1) is 6.92 Å². The molecule has 78 valence electrons. The summed E-state index contributed by atoms with van der Waals surface area (Å²) >= 11 is 0. The monoisotopic (exact) mass is 192 g/mol. The lowest BCUT2D eigenvalue weighted by Gasteiger charge is -2.20. The van der Waals surface area contributed by atoms with E-state index >= 15 is 0 Å². The molecule has 1 aromatic rings. The summed E-state index contributed by atoms with van der Waals surface area (Å²) in [6.07, 6.45) is 0. The number of rotatable bonds is 4. The van der Waals surface area contributed by atoms with Crippen molar-refractivity contribution < 1.29 is 0 Å². The highest BCUT2D eigenvalue weighted by Crippen LogP contribution is 2.16. The third-order valence-corrected chi connectivity index (χ3v) is 2.54. The van der Waals surface area contributed by atoms with E-state index in [-0.39, 0.29) is 0 Å². The zero-order valence-electron chi connectivity index (χ0n) is 9.25. The van der Waals surface area contributed by atoms with Gasteiger partial charge >= 0.3 is 0 Å². The van der Waals surface area contributed by atoms with Gasteiger partial charge in [0, 0.05) is 18.6 Å². The Morgan fingerprint density at radius 3 is 2.50 bits per heavy atom. The van der Waals surface area contributed by atoms with Gasteiger partial charge in [0.1, 0.15) is 0 Å². The van der Waals surface area contributed by atoms with E-state index in [0.29, 0.717) is 18.6 Å². The van der Waals surface area contributed by atoms with Crippen LogP contribution in [0.15, 0.2) is 24.3 Å². The Labute approximate surface area is 86.5 Å². The van der Waals surface area contributed by atoms with E-state index in [9.17, 15) is 0 Å². The molecule has 2 atom stereocenters. The SMILES string of the molecule is Cc1ccccc1[C@H](C)NC(C)CN. The van der Waals surface area contributed by atoms with Crippen LogP contribution in [-0.4, -0.2) is 12.6 Å². The molecule has 0 radical (unpaired) electrons. The van der Waals surface area contributed by atoms with Crippen molar-refractivity contribution in [2.45, 2.75) is 32.9 Å². The standard InChI is InChI=1S/C12H20N2/c1-9-6-4-5-7-12(9)11(3)14-10(2)8-13/h4-7,10-11,14H,8,13H2,1-3H3/t10?,11-/m0/s1. The molecule has 14 heavy (non-hydrogen) atoms. The zero-order valence-corrected chi connectivity index (χ0v) is 9.25. The molecule has 1 aromatic carbocycles. The molecular formula is C12H20N2. The number of hydrogen-bond donors (Lipinski definition) is 2. The smallest absolute Gasteiger partial charge is 0.0297 e. The lowest BCUT2D eigenvalue weighted by molar-refractivity contribution is 0.484. The van der Waals surface area contributed by atoms with Crippen molar-refractivity contribution in [1.29, 1.82) is 0 Å². The van der Waals surface area contributed by atoms with Gasteiger partial charge in [-0.05, 0) is 31.9 Å². The highest BCUT2D eigenvalue weighted by Gasteiger charge is 2.09. The maximum absolute atomic E-state index is 5.57. The van der Waals surface area contributed by atoms with Gasteiger partial charge in [-0.2, -0.15) is 0 Å². The first-order valence-corrected chi connectivity index (χ1v) is 5.16. The zero-order chi connectivity index (χ0) is 10.6. The van der Waals surface area contributed by atoms with Crippen LogP contribution in [0.1, 0.15) is 31.0 Å². The molecule has 3 N–H and O–H groups in total. The van der Waals surface area contributed by atoms with Crippen LogP contribution in [0.4, 0.5) is 0 Å². The maximum atomic E-state index is 5.57. The summed E-state index contributed by atoms with van der Waals surface area (Å²) < 4.78 is 0. The summed E-state index contributed by atoms with van der Waals surface area (Å²) in [4.78, 5) is 0. The molecule has 0 saturated carbocycles. The summed E-state index contributed by atoms with van der Waals surface area (Å²) in [5, 5.41) is 3.46. The van der Waals surface area contributed by atoms with E-state index in [4.69, 9.17) is 5.73 Å². The van der Waals surface area contributed by atoms with Crippen LogP contribution >= 0.6 is 0 Å². The normalized spacial score (nSPS) is 15.1. The van der Waals surface area contributed by atoms with Crippen molar-refractivity contribution in [2.75, 3.05) is 6.54 Å². The Morgan fingerprint density at radius 2 is 1.93 bits per heavy atom. The molecule has 0 fully saturated rings. The number of benzene rings is 1. The van der Waals surface area contributed by atoms with Crippen molar-refractivity contribution in [1.82, 2.24) is 5.32 Å². The van der Waals surface area contributed by atoms with Crippen molar-refractivity contribution in [3.8, 4) is 0 Å². The molecular weight excluding hydrogens is 172 g/mol. The summed E-state index contributed by atoms with van der Waals surface area (Å²) in [5.74, 6) is 0. The highest BCUT2D eigenvalue weighted by atomic mass is 15.0. The Bertz CT molecular complexity index is 283. The second-order valence-corrected chi connectivity index (χ2v) is 3.88. The lowest BCUT2D eigenvalue weighted by Crippen LogP contribution is -2.35. The molecule has 0 aliphatic rings. The number of aryl methyl sites for hydroxylation is 1. The predicted molar refractivity (Wildman–Crippen MR) is 61.2 cm³/mol. The molecule has 0 bridgehead atoms. The van der Waals surface area contributed by atoms with Crippen molar-refractivity contribution in [3.05, 3.63) is 35.4 Å². The first-order valence-electron chi connectivity index (χ1n) is 5.16. The van der Waals surface area contributed by atoms with Gasteiger partial charge in [-0.1, -0.05) is 24.3 Å². The number of hydrogen-bond acceptors (Lipinski definition) is 2. The molecule has 2 nitrogen and oxygen atoms in total. The van der Waals surface area contributed by atoms with E-state index in [1.807, 2.05) is 0 Å². The topological polar surface area (TPSA) is 38.0 Å². The maximum Gasteiger partial charge on any atom is 0.0297 e. The summed E-state index contributed by atoms with van der Waals surface area (Å²) in [6, 6.07) is 9.18. The molecule has 0 aliphatic carbocycles. The van der Waals surface area contributed by atoms with Gasteiger partial charge in [0.25, 0.3) is 0 Å². The lowest BCUT2D eigenvalue weighted by atomic mass is 10.0. The van der Waals surface area contributed by atoms with Crippen LogP contribution in [0.3, 0.4) is 0 Å². The van der Waals surface area contributed by atoms with Crippen LogP contribution in [0.2, 0.25) is 0 Å². The third kappa shape index (κ3) is 2.82. The molecule has 0 amide bonds. The van der Waals surface area contributed by atoms with Crippen LogP contribution < -0.4 is 11.1 Å². The molecule has 2 heteroatoms. The van der Waals surface area contributed by atoms with Crippen LogP contribution in [0.5, 0.6) is 0 Å². The fraction of sp³-hybridized carbons (Fsp3) is 0.500. The van der Waals surface area contributed by atoms with Crippen molar-refractivity contribution in [2.24, 2.45) is 5.73 Å². The fourth-order valence-electron chi connectivity index (χ4n) is 1.66.